The van der Waals surface area contributed by atoms with Gasteiger partial charge in [0.05, 0.1) is 0 Å². The number of benzene rings is 1. The van der Waals surface area contributed by atoms with Crippen molar-refractivity contribution in [3.63, 3.8) is 0 Å². The molecular weight excluding hydrogens is 232 g/mol. The molecule has 0 heterocycles. The molecule has 6 heteroatoms. The minimum Gasteiger partial charge on any atom is -0.289 e. The first-order chi connectivity index (χ1) is 7.41. The van der Waals surface area contributed by atoms with Gasteiger partial charge in [-0.1, -0.05) is 24.3 Å². The second-order valence-electron chi connectivity index (χ2n) is 3.22. The molecule has 2 rings (SSSR count). The Kier molecular flexibility index (Phi) is 2.25. The molecule has 0 amide bonds. The predicted octanol–water partition coefficient (Wildman–Crippen LogP) is 0.837. The standard InChI is InChI=1S/C10H6O5S/c11-8-5-9(16(13,14)15)10(12)7-4-2-1-3-6(7)8/h1-5H,(H,13,14,15). The number of carbonyl (C=O) groups excluding carboxylic acids is 2. The highest BCUT2D eigenvalue weighted by Gasteiger charge is 2.31. The van der Waals surface area contributed by atoms with Gasteiger partial charge in [-0.15, -0.1) is 0 Å². The van der Waals surface area contributed by atoms with Gasteiger partial charge in [0.25, 0.3) is 10.1 Å². The van der Waals surface area contributed by atoms with E-state index < -0.39 is 26.6 Å². The number of hydrogen-bond donors (Lipinski definition) is 1. The predicted molar refractivity (Wildman–Crippen MR) is 54.7 cm³/mol. The summed E-state index contributed by atoms with van der Waals surface area (Å²) in [6.07, 6.45) is 0.639. The van der Waals surface area contributed by atoms with Crippen molar-refractivity contribution in [2.45, 2.75) is 0 Å². The lowest BCUT2D eigenvalue weighted by molar-refractivity contribution is 0.0989. The van der Waals surface area contributed by atoms with E-state index in [1.165, 1.54) is 18.2 Å². The van der Waals surface area contributed by atoms with Gasteiger partial charge in [-0.2, -0.15) is 8.42 Å². The normalized spacial score (nSPS) is 15.7. The van der Waals surface area contributed by atoms with Gasteiger partial charge in [-0.25, -0.2) is 0 Å². The van der Waals surface area contributed by atoms with Gasteiger partial charge in [-0.3, -0.25) is 14.1 Å². The number of allylic oxidation sites excluding steroid dienone is 2. The SMILES string of the molecule is O=C1C=C(S(=O)(=O)O)C(=O)c2ccccc21. The molecule has 0 aliphatic heterocycles. The molecule has 0 saturated carbocycles. The van der Waals surface area contributed by atoms with Crippen LogP contribution in [0.3, 0.4) is 0 Å². The van der Waals surface area contributed by atoms with E-state index in [4.69, 9.17) is 4.55 Å². The van der Waals surface area contributed by atoms with Crippen molar-refractivity contribution in [3.8, 4) is 0 Å². The number of rotatable bonds is 1. The van der Waals surface area contributed by atoms with Crippen LogP contribution in [-0.2, 0) is 10.1 Å². The van der Waals surface area contributed by atoms with E-state index in [9.17, 15) is 18.0 Å². The van der Waals surface area contributed by atoms with Crippen LogP contribution in [0.25, 0.3) is 0 Å². The fourth-order valence-electron chi connectivity index (χ4n) is 1.48. The number of fused-ring (bicyclic) bond motifs is 1. The summed E-state index contributed by atoms with van der Waals surface area (Å²) >= 11 is 0. The van der Waals surface area contributed by atoms with Crippen molar-refractivity contribution < 1.29 is 22.6 Å². The number of carbonyl (C=O) groups is 2. The van der Waals surface area contributed by atoms with Crippen molar-refractivity contribution in [2.24, 2.45) is 0 Å². The Balaban J connectivity index is 2.70. The van der Waals surface area contributed by atoms with E-state index >= 15 is 0 Å². The molecule has 1 aliphatic rings. The first-order valence-electron chi connectivity index (χ1n) is 4.28. The van der Waals surface area contributed by atoms with Crippen LogP contribution in [0.15, 0.2) is 35.2 Å². The highest BCUT2D eigenvalue weighted by atomic mass is 32.2. The Morgan fingerprint density at radius 2 is 1.56 bits per heavy atom. The Hall–Kier alpha value is -1.79. The third kappa shape index (κ3) is 1.58. The van der Waals surface area contributed by atoms with Gasteiger partial charge in [0.2, 0.25) is 5.78 Å². The zero-order chi connectivity index (χ0) is 11.9. The smallest absolute Gasteiger partial charge is 0.289 e. The first kappa shape index (κ1) is 10.7. The van der Waals surface area contributed by atoms with Gasteiger partial charge < -0.3 is 0 Å². The molecule has 1 N–H and O–H groups in total. The van der Waals surface area contributed by atoms with Gasteiger partial charge in [0.1, 0.15) is 4.91 Å². The van der Waals surface area contributed by atoms with Crippen LogP contribution < -0.4 is 0 Å². The van der Waals surface area contributed by atoms with Crippen molar-refractivity contribution in [1.82, 2.24) is 0 Å². The number of hydrogen-bond acceptors (Lipinski definition) is 4. The molecule has 0 fully saturated rings. The van der Waals surface area contributed by atoms with Crippen molar-refractivity contribution in [1.29, 1.82) is 0 Å². The third-order valence-electron chi connectivity index (χ3n) is 2.20. The Morgan fingerprint density at radius 3 is 2.12 bits per heavy atom. The van der Waals surface area contributed by atoms with E-state index in [1.807, 2.05) is 0 Å². The molecule has 0 bridgehead atoms. The van der Waals surface area contributed by atoms with Gasteiger partial charge in [0.15, 0.2) is 5.78 Å². The lowest BCUT2D eigenvalue weighted by Crippen LogP contribution is -2.21. The summed E-state index contributed by atoms with van der Waals surface area (Å²) < 4.78 is 30.5. The molecule has 16 heavy (non-hydrogen) atoms. The van der Waals surface area contributed by atoms with E-state index in [0.29, 0.717) is 6.08 Å². The summed E-state index contributed by atoms with van der Waals surface area (Å²) in [5.41, 5.74) is 0.127. The van der Waals surface area contributed by atoms with Gasteiger partial charge in [-0.05, 0) is 0 Å². The highest BCUT2D eigenvalue weighted by Crippen LogP contribution is 2.23. The van der Waals surface area contributed by atoms with E-state index in [2.05, 4.69) is 0 Å². The first-order valence-corrected chi connectivity index (χ1v) is 5.72. The van der Waals surface area contributed by atoms with Crippen molar-refractivity contribution >= 4 is 21.7 Å². The van der Waals surface area contributed by atoms with Crippen molar-refractivity contribution in [2.75, 3.05) is 0 Å². The number of Topliss-reactive ketones (excluding diaryl/α,β-unsaturated/α-hetero) is 1. The lowest BCUT2D eigenvalue weighted by Gasteiger charge is -2.12. The van der Waals surface area contributed by atoms with Crippen LogP contribution in [0.1, 0.15) is 20.7 Å². The van der Waals surface area contributed by atoms with Gasteiger partial charge in [0, 0.05) is 17.2 Å². The largest absolute Gasteiger partial charge is 0.298 e. The summed E-state index contributed by atoms with van der Waals surface area (Å²) in [4.78, 5) is 22.3. The Morgan fingerprint density at radius 1 is 1.00 bits per heavy atom. The van der Waals surface area contributed by atoms with E-state index in [0.717, 1.165) is 0 Å². The molecule has 5 nitrogen and oxygen atoms in total. The van der Waals surface area contributed by atoms with Crippen LogP contribution in [-0.4, -0.2) is 24.5 Å². The molecule has 0 aromatic heterocycles. The second kappa shape index (κ2) is 3.36. The maximum Gasteiger partial charge on any atom is 0.298 e. The third-order valence-corrected chi connectivity index (χ3v) is 3.06. The molecule has 0 atom stereocenters. The van der Waals surface area contributed by atoms with E-state index in [-0.39, 0.29) is 11.1 Å². The van der Waals surface area contributed by atoms with Crippen LogP contribution in [0.4, 0.5) is 0 Å². The minimum absolute atomic E-state index is 0.0115. The molecule has 1 aliphatic carbocycles. The fourth-order valence-corrected chi connectivity index (χ4v) is 2.08. The average molecular weight is 238 g/mol. The van der Waals surface area contributed by atoms with Crippen LogP contribution >= 0.6 is 0 Å². The molecule has 0 spiro atoms. The fraction of sp³-hybridized carbons (Fsp3) is 0. The minimum atomic E-state index is -4.66. The van der Waals surface area contributed by atoms with Crippen LogP contribution in [0, 0.1) is 0 Å². The quantitative estimate of drug-likeness (QED) is 0.732. The summed E-state index contributed by atoms with van der Waals surface area (Å²) in [5, 5.41) is 0. The summed E-state index contributed by atoms with van der Waals surface area (Å²) in [7, 11) is -4.66. The maximum atomic E-state index is 11.6. The molecule has 82 valence electrons. The Labute approximate surface area is 91.1 Å². The maximum absolute atomic E-state index is 11.6. The highest BCUT2D eigenvalue weighted by molar-refractivity contribution is 7.91. The van der Waals surface area contributed by atoms with Crippen molar-refractivity contribution in [3.05, 3.63) is 46.4 Å². The molecule has 0 radical (unpaired) electrons. The average Bonchev–Trinajstić information content (AvgIpc) is 2.22. The topological polar surface area (TPSA) is 88.5 Å². The summed E-state index contributed by atoms with van der Waals surface area (Å²) in [5.74, 6) is -1.47. The van der Waals surface area contributed by atoms with Crippen LogP contribution in [0.5, 0.6) is 0 Å². The molecule has 0 saturated heterocycles. The molecular formula is C10H6O5S. The van der Waals surface area contributed by atoms with Crippen LogP contribution in [0.2, 0.25) is 0 Å². The second-order valence-corrected chi connectivity index (χ2v) is 4.61. The zero-order valence-corrected chi connectivity index (χ0v) is 8.69. The summed E-state index contributed by atoms with van der Waals surface area (Å²) in [6, 6.07) is 5.84. The monoisotopic (exact) mass is 238 g/mol. The summed E-state index contributed by atoms with van der Waals surface area (Å²) in [6.45, 7) is 0. The number of ketones is 2. The molecule has 0 unspecified atom stereocenters. The molecule has 1 aromatic rings. The molecule has 1 aromatic carbocycles. The lowest BCUT2D eigenvalue weighted by atomic mass is 9.95. The Bertz CT molecular complexity index is 624. The zero-order valence-electron chi connectivity index (χ0n) is 7.88. The van der Waals surface area contributed by atoms with Gasteiger partial charge >= 0.3 is 0 Å². The van der Waals surface area contributed by atoms with E-state index in [1.54, 1.807) is 6.07 Å².